The fourth-order valence-electron chi connectivity index (χ4n) is 4.74. The molecule has 7 heteroatoms. The maximum atomic E-state index is 10.1. The quantitative estimate of drug-likeness (QED) is 0.0558. The minimum atomic E-state index is -0.909. The van der Waals surface area contributed by atoms with Crippen LogP contribution in [-0.2, 0) is 14.4 Å². The van der Waals surface area contributed by atoms with E-state index in [1.807, 2.05) is 0 Å². The molecular formula is C36H69O6Sb. The number of carboxylic acids is 3. The topological polar surface area (TPSA) is 120 Å². The van der Waals surface area contributed by atoms with Crippen molar-refractivity contribution in [3.05, 3.63) is 0 Å². The number of rotatable bonds is 30. The zero-order chi connectivity index (χ0) is 31.9. The van der Waals surface area contributed by atoms with E-state index in [1.165, 1.54) is 135 Å². The summed E-state index contributed by atoms with van der Waals surface area (Å²) in [6.45, 7) is 6.67. The summed E-state index contributed by atoms with van der Waals surface area (Å²) in [7, 11) is 0. The van der Waals surface area contributed by atoms with E-state index in [0.29, 0.717) is 0 Å². The van der Waals surface area contributed by atoms with E-state index in [2.05, 4.69) is 20.8 Å². The number of carboxylic acid groups (broad SMARTS) is 3. The average molecular weight is 720 g/mol. The van der Waals surface area contributed by atoms with Crippen LogP contribution in [0.4, 0.5) is 0 Å². The molecule has 0 saturated carbocycles. The third-order valence-electron chi connectivity index (χ3n) is 7.45. The molecule has 0 amide bonds. The van der Waals surface area contributed by atoms with E-state index in [1.54, 1.807) is 0 Å². The zero-order valence-electron chi connectivity index (χ0n) is 28.6. The Balaban J connectivity index is -0.000000262. The molecule has 0 spiro atoms. The summed E-state index contributed by atoms with van der Waals surface area (Å²) in [6.07, 6.45) is 33.5. The second kappa shape index (κ2) is 45.7. The first-order chi connectivity index (χ1) is 20.3. The van der Waals surface area contributed by atoms with Gasteiger partial charge in [-0.25, -0.2) is 0 Å². The molecule has 0 unspecified atom stereocenters. The van der Waals surface area contributed by atoms with Crippen molar-refractivity contribution in [2.45, 2.75) is 213 Å². The summed E-state index contributed by atoms with van der Waals surface area (Å²) in [6, 6.07) is 0. The van der Waals surface area contributed by atoms with Gasteiger partial charge in [-0.2, -0.15) is 0 Å². The molecule has 0 aliphatic carbocycles. The normalized spacial score (nSPS) is 10.1. The first kappa shape index (κ1) is 49.1. The van der Waals surface area contributed by atoms with Crippen LogP contribution in [0.5, 0.6) is 0 Å². The largest absolute Gasteiger partial charge is 3.00 e. The van der Waals surface area contributed by atoms with Gasteiger partial charge in [-0.1, -0.05) is 175 Å². The van der Waals surface area contributed by atoms with E-state index in [0.717, 1.165) is 38.5 Å². The maximum absolute atomic E-state index is 10.1. The molecule has 0 bridgehead atoms. The fraction of sp³-hybridized carbons (Fsp3) is 0.917. The van der Waals surface area contributed by atoms with Crippen LogP contribution < -0.4 is 15.3 Å². The molecule has 0 heterocycles. The molecule has 0 aromatic heterocycles. The Morgan fingerprint density at radius 2 is 0.442 bits per heavy atom. The molecule has 0 fully saturated rings. The number of carbonyl (C=O) groups is 3. The Labute approximate surface area is 284 Å². The van der Waals surface area contributed by atoms with Crippen molar-refractivity contribution in [1.82, 2.24) is 0 Å². The van der Waals surface area contributed by atoms with E-state index >= 15 is 0 Å². The van der Waals surface area contributed by atoms with Crippen LogP contribution in [0.15, 0.2) is 0 Å². The van der Waals surface area contributed by atoms with Crippen molar-refractivity contribution in [3.8, 4) is 0 Å². The van der Waals surface area contributed by atoms with Gasteiger partial charge in [-0.3, -0.25) is 0 Å². The number of hydrogen-bond acceptors (Lipinski definition) is 6. The second-order valence-corrected chi connectivity index (χ2v) is 11.9. The molecule has 254 valence electrons. The third kappa shape index (κ3) is 61.1. The Morgan fingerprint density at radius 3 is 0.581 bits per heavy atom. The summed E-state index contributed by atoms with van der Waals surface area (Å²) >= 11 is 0. The molecule has 2 radical (unpaired) electrons. The van der Waals surface area contributed by atoms with Crippen LogP contribution in [0.3, 0.4) is 0 Å². The van der Waals surface area contributed by atoms with Crippen molar-refractivity contribution in [1.29, 1.82) is 0 Å². The number of aliphatic carboxylic acids is 3. The van der Waals surface area contributed by atoms with Crippen molar-refractivity contribution in [2.75, 3.05) is 0 Å². The minimum absolute atomic E-state index is 0. The smallest absolute Gasteiger partial charge is 0.550 e. The van der Waals surface area contributed by atoms with Gasteiger partial charge >= 0.3 is 24.4 Å². The van der Waals surface area contributed by atoms with Crippen molar-refractivity contribution < 1.29 is 29.7 Å². The van der Waals surface area contributed by atoms with Crippen LogP contribution >= 0.6 is 0 Å². The molecular weight excluding hydrogens is 650 g/mol. The van der Waals surface area contributed by atoms with Crippen LogP contribution in [0, 0.1) is 0 Å². The van der Waals surface area contributed by atoms with Gasteiger partial charge in [0.25, 0.3) is 0 Å². The number of carbonyl (C=O) groups excluding carboxylic acids is 3. The Hall–Kier alpha value is -0.772. The molecule has 0 aliphatic heterocycles. The molecule has 0 N–H and O–H groups in total. The second-order valence-electron chi connectivity index (χ2n) is 11.9. The molecule has 0 aromatic carbocycles. The predicted octanol–water partition coefficient (Wildman–Crippen LogP) is 7.59. The molecule has 6 nitrogen and oxygen atoms in total. The SMILES string of the molecule is CCCCCCCCCCCC(=O)[O-].CCCCCCCCCCCC(=O)[O-].CCCCCCCCCCCC(=O)[O-].[Sb+3]. The standard InChI is InChI=1S/3C12H24O2.Sb/c3*1-2-3-4-5-6-7-8-9-10-11-12(13)14;/h3*2-11H2,1H3,(H,13,14);/q;;;+3/p-3. The monoisotopic (exact) mass is 718 g/mol. The molecule has 0 aliphatic rings. The van der Waals surface area contributed by atoms with Gasteiger partial charge in [0.05, 0.1) is 0 Å². The van der Waals surface area contributed by atoms with Crippen LogP contribution in [0.1, 0.15) is 213 Å². The van der Waals surface area contributed by atoms with Gasteiger partial charge in [0.2, 0.25) is 0 Å². The predicted molar refractivity (Wildman–Crippen MR) is 176 cm³/mol. The van der Waals surface area contributed by atoms with E-state index in [-0.39, 0.29) is 43.7 Å². The fourth-order valence-corrected chi connectivity index (χ4v) is 4.74. The Bertz CT molecular complexity index is 480. The Morgan fingerprint density at radius 1 is 0.302 bits per heavy atom. The van der Waals surface area contributed by atoms with Gasteiger partial charge < -0.3 is 29.7 Å². The number of hydrogen-bond donors (Lipinski definition) is 0. The van der Waals surface area contributed by atoms with Crippen LogP contribution in [0.25, 0.3) is 0 Å². The molecule has 0 atom stereocenters. The summed E-state index contributed by atoms with van der Waals surface area (Å²) in [5.41, 5.74) is 0. The van der Waals surface area contributed by atoms with E-state index < -0.39 is 17.9 Å². The molecule has 43 heavy (non-hydrogen) atoms. The van der Waals surface area contributed by atoms with Gasteiger partial charge in [-0.15, -0.1) is 0 Å². The van der Waals surface area contributed by atoms with Crippen LogP contribution in [0.2, 0.25) is 0 Å². The minimum Gasteiger partial charge on any atom is -0.550 e. The average Bonchev–Trinajstić information content (AvgIpc) is 2.95. The summed E-state index contributed by atoms with van der Waals surface area (Å²) < 4.78 is 0. The third-order valence-corrected chi connectivity index (χ3v) is 7.45. The first-order valence-electron chi connectivity index (χ1n) is 17.9. The maximum Gasteiger partial charge on any atom is 3.00 e. The van der Waals surface area contributed by atoms with Crippen LogP contribution in [-0.4, -0.2) is 42.3 Å². The first-order valence-corrected chi connectivity index (χ1v) is 17.9. The molecule has 0 rings (SSSR count). The van der Waals surface area contributed by atoms with Crippen molar-refractivity contribution >= 4 is 42.3 Å². The van der Waals surface area contributed by atoms with Gasteiger partial charge in [-0.05, 0) is 38.5 Å². The van der Waals surface area contributed by atoms with E-state index in [9.17, 15) is 29.7 Å². The number of unbranched alkanes of at least 4 members (excludes halogenated alkanes) is 24. The van der Waals surface area contributed by atoms with Gasteiger partial charge in [0.15, 0.2) is 0 Å². The van der Waals surface area contributed by atoms with Gasteiger partial charge in [0, 0.05) is 17.9 Å². The Kier molecular flexibility index (Phi) is 52.1. The zero-order valence-corrected chi connectivity index (χ0v) is 31.2. The summed E-state index contributed by atoms with van der Waals surface area (Å²) in [4.78, 5) is 30.3. The van der Waals surface area contributed by atoms with E-state index in [4.69, 9.17) is 0 Å². The molecule has 0 aromatic rings. The summed E-state index contributed by atoms with van der Waals surface area (Å²) in [5.74, 6) is -2.73. The molecule has 0 saturated heterocycles. The van der Waals surface area contributed by atoms with Crippen molar-refractivity contribution in [3.63, 3.8) is 0 Å². The van der Waals surface area contributed by atoms with Crippen molar-refractivity contribution in [2.24, 2.45) is 0 Å². The van der Waals surface area contributed by atoms with Gasteiger partial charge in [0.1, 0.15) is 0 Å². The summed E-state index contributed by atoms with van der Waals surface area (Å²) in [5, 5.41) is 30.3.